The number of hydrogen-bond donors (Lipinski definition) is 2. The van der Waals surface area contributed by atoms with E-state index < -0.39 is 18.1 Å². The molecule has 7 nitrogen and oxygen atoms in total. The monoisotopic (exact) mass is 450 g/mol. The number of carbonyl (C=O) groups excluding carboxylic acids is 2. The number of carboxylic acid groups (broad SMARTS) is 1. The second-order valence-electron chi connectivity index (χ2n) is 8.87. The van der Waals surface area contributed by atoms with Gasteiger partial charge in [-0.3, -0.25) is 9.59 Å². The van der Waals surface area contributed by atoms with Crippen LogP contribution in [-0.2, 0) is 14.3 Å². The molecule has 1 atom stereocenters. The van der Waals surface area contributed by atoms with Gasteiger partial charge in [0, 0.05) is 24.9 Å². The van der Waals surface area contributed by atoms with Gasteiger partial charge in [0.1, 0.15) is 12.6 Å². The lowest BCUT2D eigenvalue weighted by molar-refractivity contribution is -0.146. The first-order chi connectivity index (χ1) is 16.0. The van der Waals surface area contributed by atoms with Gasteiger partial charge in [-0.2, -0.15) is 0 Å². The van der Waals surface area contributed by atoms with Crippen molar-refractivity contribution in [3.8, 4) is 11.1 Å². The summed E-state index contributed by atoms with van der Waals surface area (Å²) < 4.78 is 5.61. The number of unbranched alkanes of at least 4 members (excludes halogenated alkanes) is 1. The number of nitrogens with one attached hydrogen (secondary N) is 1. The number of amides is 2. The van der Waals surface area contributed by atoms with Gasteiger partial charge in [-0.15, -0.1) is 0 Å². The summed E-state index contributed by atoms with van der Waals surface area (Å²) in [6.45, 7) is 3.06. The Morgan fingerprint density at radius 2 is 1.67 bits per heavy atom. The van der Waals surface area contributed by atoms with Crippen LogP contribution in [0.2, 0.25) is 0 Å². The fraction of sp³-hybridized carbons (Fsp3) is 0.423. The third kappa shape index (κ3) is 5.02. The molecular weight excluding hydrogens is 420 g/mol. The van der Waals surface area contributed by atoms with E-state index in [1.54, 1.807) is 4.90 Å². The van der Waals surface area contributed by atoms with E-state index in [0.29, 0.717) is 19.5 Å². The van der Waals surface area contributed by atoms with E-state index in [-0.39, 0.29) is 30.8 Å². The standard InChI is InChI=1S/C26H30N2O5/c1-2-3-12-23(25(31)28-14-17(15-28)13-24(29)30)27-26(32)33-16-22-20-10-6-4-8-18(20)19-9-5-7-11-21(19)22/h4-11,17,22-23H,2-3,12-16H2,1H3,(H,27,32)(H,29,30)/t23-/m0/s1. The number of ether oxygens (including phenoxy) is 1. The lowest BCUT2D eigenvalue weighted by Gasteiger charge is -2.40. The summed E-state index contributed by atoms with van der Waals surface area (Å²) in [7, 11) is 0. The minimum absolute atomic E-state index is 0.0206. The number of aliphatic carboxylic acids is 1. The summed E-state index contributed by atoms with van der Waals surface area (Å²) >= 11 is 0. The third-order valence-electron chi connectivity index (χ3n) is 6.51. The molecule has 2 aromatic rings. The molecular formula is C26H30N2O5. The van der Waals surface area contributed by atoms with E-state index in [1.807, 2.05) is 31.2 Å². The van der Waals surface area contributed by atoms with Gasteiger partial charge in [0.25, 0.3) is 0 Å². The lowest BCUT2D eigenvalue weighted by atomic mass is 9.95. The van der Waals surface area contributed by atoms with Crippen molar-refractivity contribution in [3.63, 3.8) is 0 Å². The molecule has 2 aromatic carbocycles. The van der Waals surface area contributed by atoms with Crippen LogP contribution in [0.5, 0.6) is 0 Å². The van der Waals surface area contributed by atoms with Gasteiger partial charge < -0.3 is 20.1 Å². The van der Waals surface area contributed by atoms with Crippen molar-refractivity contribution >= 4 is 18.0 Å². The Labute approximate surface area is 193 Å². The van der Waals surface area contributed by atoms with Crippen LogP contribution in [-0.4, -0.2) is 53.7 Å². The molecule has 1 aliphatic heterocycles. The second kappa shape index (κ2) is 10.1. The van der Waals surface area contributed by atoms with Crippen molar-refractivity contribution in [3.05, 3.63) is 59.7 Å². The molecule has 1 saturated heterocycles. The number of alkyl carbamates (subject to hydrolysis) is 1. The molecule has 0 aromatic heterocycles. The highest BCUT2D eigenvalue weighted by atomic mass is 16.5. The van der Waals surface area contributed by atoms with Gasteiger partial charge in [0.15, 0.2) is 0 Å². The molecule has 0 saturated carbocycles. The molecule has 174 valence electrons. The molecule has 33 heavy (non-hydrogen) atoms. The highest BCUT2D eigenvalue weighted by Gasteiger charge is 2.36. The summed E-state index contributed by atoms with van der Waals surface area (Å²) in [5.74, 6) is -1.09. The molecule has 4 rings (SSSR count). The third-order valence-corrected chi connectivity index (χ3v) is 6.51. The zero-order valence-electron chi connectivity index (χ0n) is 18.8. The molecule has 0 spiro atoms. The van der Waals surface area contributed by atoms with Crippen LogP contribution in [0, 0.1) is 5.92 Å². The number of nitrogens with zero attached hydrogens (tertiary/aromatic N) is 1. The predicted octanol–water partition coefficient (Wildman–Crippen LogP) is 4.02. The van der Waals surface area contributed by atoms with E-state index in [0.717, 1.165) is 35.1 Å². The molecule has 7 heteroatoms. The Kier molecular flexibility index (Phi) is 6.96. The molecule has 0 bridgehead atoms. The second-order valence-corrected chi connectivity index (χ2v) is 8.87. The quantitative estimate of drug-likeness (QED) is 0.602. The van der Waals surface area contributed by atoms with Gasteiger partial charge >= 0.3 is 12.1 Å². The Morgan fingerprint density at radius 3 is 2.24 bits per heavy atom. The minimum atomic E-state index is -0.855. The number of hydrogen-bond acceptors (Lipinski definition) is 4. The maximum atomic E-state index is 12.9. The van der Waals surface area contributed by atoms with Crippen LogP contribution < -0.4 is 5.32 Å². The fourth-order valence-corrected chi connectivity index (χ4v) is 4.79. The molecule has 1 heterocycles. The van der Waals surface area contributed by atoms with Crippen LogP contribution in [0.15, 0.2) is 48.5 Å². The summed E-state index contributed by atoms with van der Waals surface area (Å²) in [6.07, 6.45) is 1.68. The van der Waals surface area contributed by atoms with Crippen LogP contribution in [0.4, 0.5) is 4.79 Å². The zero-order chi connectivity index (χ0) is 23.4. The fourth-order valence-electron chi connectivity index (χ4n) is 4.79. The van der Waals surface area contributed by atoms with E-state index in [2.05, 4.69) is 29.6 Å². The Bertz CT molecular complexity index is 985. The van der Waals surface area contributed by atoms with E-state index in [1.165, 1.54) is 0 Å². The van der Waals surface area contributed by atoms with Gasteiger partial charge in [0.05, 0.1) is 6.42 Å². The van der Waals surface area contributed by atoms with Crippen LogP contribution in [0.25, 0.3) is 11.1 Å². The number of carboxylic acids is 1. The topological polar surface area (TPSA) is 95.9 Å². The summed E-state index contributed by atoms with van der Waals surface area (Å²) in [6, 6.07) is 15.6. The highest BCUT2D eigenvalue weighted by Crippen LogP contribution is 2.44. The van der Waals surface area contributed by atoms with E-state index >= 15 is 0 Å². The van der Waals surface area contributed by atoms with E-state index in [9.17, 15) is 14.4 Å². The van der Waals surface area contributed by atoms with Gasteiger partial charge in [-0.1, -0.05) is 68.3 Å². The molecule has 0 radical (unpaired) electrons. The molecule has 2 amide bonds. The van der Waals surface area contributed by atoms with Crippen molar-refractivity contribution in [2.75, 3.05) is 19.7 Å². The highest BCUT2D eigenvalue weighted by molar-refractivity contribution is 5.86. The molecule has 1 fully saturated rings. The Balaban J connectivity index is 1.36. The van der Waals surface area contributed by atoms with Crippen molar-refractivity contribution in [2.45, 2.75) is 44.6 Å². The van der Waals surface area contributed by atoms with Crippen molar-refractivity contribution in [1.29, 1.82) is 0 Å². The van der Waals surface area contributed by atoms with Gasteiger partial charge in [0.2, 0.25) is 5.91 Å². The number of fused-ring (bicyclic) bond motifs is 3. The van der Waals surface area contributed by atoms with Crippen LogP contribution in [0.1, 0.15) is 49.7 Å². The number of likely N-dealkylation sites (tertiary alicyclic amines) is 1. The van der Waals surface area contributed by atoms with Crippen molar-refractivity contribution in [1.82, 2.24) is 10.2 Å². The van der Waals surface area contributed by atoms with Crippen molar-refractivity contribution in [2.24, 2.45) is 5.92 Å². The first kappa shape index (κ1) is 22.8. The minimum Gasteiger partial charge on any atom is -0.481 e. The van der Waals surface area contributed by atoms with Gasteiger partial charge in [-0.05, 0) is 28.7 Å². The predicted molar refractivity (Wildman–Crippen MR) is 124 cm³/mol. The molecule has 0 unspecified atom stereocenters. The number of benzene rings is 2. The summed E-state index contributed by atoms with van der Waals surface area (Å²) in [5, 5.41) is 11.7. The first-order valence-corrected chi connectivity index (χ1v) is 11.6. The number of carbonyl (C=O) groups is 3. The van der Waals surface area contributed by atoms with Crippen molar-refractivity contribution < 1.29 is 24.2 Å². The smallest absolute Gasteiger partial charge is 0.407 e. The molecule has 2 N–H and O–H groups in total. The average molecular weight is 451 g/mol. The SMILES string of the molecule is CCCC[C@H](NC(=O)OCC1c2ccccc2-c2ccccc21)C(=O)N1CC(CC(=O)O)C1. The van der Waals surface area contributed by atoms with Crippen LogP contribution >= 0.6 is 0 Å². The Morgan fingerprint density at radius 1 is 1.06 bits per heavy atom. The Hall–Kier alpha value is -3.35. The summed E-state index contributed by atoms with van der Waals surface area (Å²) in [5.41, 5.74) is 4.59. The van der Waals surface area contributed by atoms with Gasteiger partial charge in [-0.25, -0.2) is 4.79 Å². The van der Waals surface area contributed by atoms with Crippen LogP contribution in [0.3, 0.4) is 0 Å². The average Bonchev–Trinajstić information content (AvgIpc) is 3.10. The maximum absolute atomic E-state index is 12.9. The zero-order valence-corrected chi connectivity index (χ0v) is 18.8. The number of rotatable bonds is 9. The lowest BCUT2D eigenvalue weighted by Crippen LogP contribution is -2.57. The molecule has 2 aliphatic rings. The normalized spacial score (nSPS) is 15.8. The summed E-state index contributed by atoms with van der Waals surface area (Å²) in [4.78, 5) is 38.0. The first-order valence-electron chi connectivity index (χ1n) is 11.6. The largest absolute Gasteiger partial charge is 0.481 e. The van der Waals surface area contributed by atoms with E-state index in [4.69, 9.17) is 9.84 Å². The maximum Gasteiger partial charge on any atom is 0.407 e. The molecule has 1 aliphatic carbocycles.